The summed E-state index contributed by atoms with van der Waals surface area (Å²) in [5.41, 5.74) is 0.930. The number of rotatable bonds is 2. The lowest BCUT2D eigenvalue weighted by Gasteiger charge is -2.29. The third-order valence-corrected chi connectivity index (χ3v) is 3.99. The predicted molar refractivity (Wildman–Crippen MR) is 68.3 cm³/mol. The molecule has 90 valence electrons. The van der Waals surface area contributed by atoms with Crippen molar-refractivity contribution in [3.05, 3.63) is 32.8 Å². The highest BCUT2D eigenvalue weighted by molar-refractivity contribution is 9.10. The molecule has 2 aliphatic rings. The number of nitrogens with one attached hydrogen (secondary N) is 1. The van der Waals surface area contributed by atoms with Crippen LogP contribution in [0.15, 0.2) is 22.7 Å². The number of hydrogen-bond donors (Lipinski definition) is 1. The maximum Gasteiger partial charge on any atom is 0.293 e. The first-order chi connectivity index (χ1) is 8.15. The van der Waals surface area contributed by atoms with Crippen LogP contribution in [0.5, 0.6) is 0 Å². The molecule has 2 bridgehead atoms. The summed E-state index contributed by atoms with van der Waals surface area (Å²) in [7, 11) is 0. The van der Waals surface area contributed by atoms with E-state index in [1.54, 1.807) is 6.07 Å². The number of piperazine rings is 1. The summed E-state index contributed by atoms with van der Waals surface area (Å²) in [4.78, 5) is 12.9. The SMILES string of the molecule is O=[N+]([O-])c1cc(Br)ccc1N1CC2CC1CN2. The fraction of sp³-hybridized carbons (Fsp3) is 0.455. The lowest BCUT2D eigenvalue weighted by atomic mass is 10.2. The second kappa shape index (κ2) is 3.96. The Bertz CT molecular complexity index is 480. The van der Waals surface area contributed by atoms with E-state index in [4.69, 9.17) is 0 Å². The smallest absolute Gasteiger partial charge is 0.293 e. The maximum absolute atomic E-state index is 11.1. The average Bonchev–Trinajstić information content (AvgIpc) is 2.90. The highest BCUT2D eigenvalue weighted by Crippen LogP contribution is 2.37. The van der Waals surface area contributed by atoms with E-state index in [1.807, 2.05) is 12.1 Å². The minimum atomic E-state index is -0.306. The van der Waals surface area contributed by atoms with Gasteiger partial charge in [-0.25, -0.2) is 0 Å². The van der Waals surface area contributed by atoms with Gasteiger partial charge in [0.25, 0.3) is 5.69 Å². The Kier molecular flexibility index (Phi) is 2.56. The number of nitro groups is 1. The summed E-state index contributed by atoms with van der Waals surface area (Å²) in [6, 6.07) is 6.17. The molecule has 1 aromatic carbocycles. The molecule has 2 unspecified atom stereocenters. The molecule has 0 aromatic heterocycles. The number of benzene rings is 1. The fourth-order valence-corrected chi connectivity index (χ4v) is 3.09. The van der Waals surface area contributed by atoms with E-state index in [0.29, 0.717) is 12.1 Å². The average molecular weight is 298 g/mol. The molecule has 2 atom stereocenters. The molecule has 2 heterocycles. The van der Waals surface area contributed by atoms with Crippen molar-refractivity contribution in [3.63, 3.8) is 0 Å². The Labute approximate surface area is 107 Å². The van der Waals surface area contributed by atoms with Gasteiger partial charge < -0.3 is 10.2 Å². The summed E-state index contributed by atoms with van der Waals surface area (Å²) in [6.07, 6.45) is 1.09. The summed E-state index contributed by atoms with van der Waals surface area (Å²) < 4.78 is 0.746. The quantitative estimate of drug-likeness (QED) is 0.669. The van der Waals surface area contributed by atoms with Crippen molar-refractivity contribution in [2.45, 2.75) is 18.5 Å². The molecule has 0 radical (unpaired) electrons. The molecule has 2 fully saturated rings. The van der Waals surface area contributed by atoms with E-state index >= 15 is 0 Å². The molecule has 0 amide bonds. The Morgan fingerprint density at radius 1 is 1.53 bits per heavy atom. The van der Waals surface area contributed by atoms with Crippen LogP contribution in [0.1, 0.15) is 6.42 Å². The van der Waals surface area contributed by atoms with E-state index in [9.17, 15) is 10.1 Å². The van der Waals surface area contributed by atoms with Crippen molar-refractivity contribution in [2.75, 3.05) is 18.0 Å². The first-order valence-corrected chi connectivity index (χ1v) is 6.38. The molecule has 0 spiro atoms. The van der Waals surface area contributed by atoms with Gasteiger partial charge >= 0.3 is 0 Å². The van der Waals surface area contributed by atoms with Gasteiger partial charge in [-0.1, -0.05) is 15.9 Å². The first-order valence-electron chi connectivity index (χ1n) is 5.59. The molecular formula is C11H12BrN3O2. The van der Waals surface area contributed by atoms with Crippen molar-refractivity contribution < 1.29 is 4.92 Å². The Hall–Kier alpha value is -1.14. The van der Waals surface area contributed by atoms with Crippen LogP contribution in [0.2, 0.25) is 0 Å². The number of nitro benzene ring substituents is 1. The van der Waals surface area contributed by atoms with Gasteiger partial charge in [-0.3, -0.25) is 10.1 Å². The molecule has 2 saturated heterocycles. The first kappa shape index (κ1) is 11.0. The zero-order valence-electron chi connectivity index (χ0n) is 9.10. The lowest BCUT2D eigenvalue weighted by molar-refractivity contribution is -0.384. The second-order valence-corrected chi connectivity index (χ2v) is 5.45. The third kappa shape index (κ3) is 1.81. The lowest BCUT2D eigenvalue weighted by Crippen LogP contribution is -2.43. The van der Waals surface area contributed by atoms with Crippen LogP contribution in [0, 0.1) is 10.1 Å². The monoisotopic (exact) mass is 297 g/mol. The van der Waals surface area contributed by atoms with Gasteiger partial charge in [0.05, 0.1) is 4.92 Å². The molecule has 17 heavy (non-hydrogen) atoms. The van der Waals surface area contributed by atoms with Gasteiger partial charge in [-0.2, -0.15) is 0 Å². The Balaban J connectivity index is 2.00. The number of halogens is 1. The number of nitrogens with zero attached hydrogens (tertiary/aromatic N) is 2. The highest BCUT2D eigenvalue weighted by Gasteiger charge is 2.39. The maximum atomic E-state index is 11.1. The third-order valence-electron chi connectivity index (χ3n) is 3.50. The molecule has 5 nitrogen and oxygen atoms in total. The molecule has 0 aliphatic carbocycles. The van der Waals surface area contributed by atoms with E-state index in [-0.39, 0.29) is 10.6 Å². The van der Waals surface area contributed by atoms with Gasteiger partial charge in [0.15, 0.2) is 0 Å². The predicted octanol–water partition coefficient (Wildman–Crippen LogP) is 1.91. The summed E-state index contributed by atoms with van der Waals surface area (Å²) in [5, 5.41) is 14.5. The van der Waals surface area contributed by atoms with Crippen LogP contribution >= 0.6 is 15.9 Å². The number of anilines is 1. The van der Waals surface area contributed by atoms with Gasteiger partial charge in [0.1, 0.15) is 5.69 Å². The second-order valence-electron chi connectivity index (χ2n) is 4.54. The van der Waals surface area contributed by atoms with Crippen molar-refractivity contribution in [2.24, 2.45) is 0 Å². The summed E-state index contributed by atoms with van der Waals surface area (Å²) in [5.74, 6) is 0. The van der Waals surface area contributed by atoms with E-state index < -0.39 is 0 Å². The molecule has 0 saturated carbocycles. The zero-order chi connectivity index (χ0) is 12.0. The van der Waals surface area contributed by atoms with Gasteiger partial charge in [-0.15, -0.1) is 0 Å². The highest BCUT2D eigenvalue weighted by atomic mass is 79.9. The normalized spacial score (nSPS) is 26.5. The van der Waals surface area contributed by atoms with Crippen LogP contribution < -0.4 is 10.2 Å². The molecule has 1 N–H and O–H groups in total. The fourth-order valence-electron chi connectivity index (χ4n) is 2.74. The van der Waals surface area contributed by atoms with Crippen molar-refractivity contribution >= 4 is 27.3 Å². The van der Waals surface area contributed by atoms with Crippen LogP contribution in [-0.4, -0.2) is 30.1 Å². The minimum absolute atomic E-state index is 0.187. The molecular weight excluding hydrogens is 286 g/mol. The van der Waals surface area contributed by atoms with Crippen LogP contribution in [-0.2, 0) is 0 Å². The van der Waals surface area contributed by atoms with Crippen molar-refractivity contribution in [1.29, 1.82) is 0 Å². The molecule has 3 rings (SSSR count). The number of hydrogen-bond acceptors (Lipinski definition) is 4. The van der Waals surface area contributed by atoms with Gasteiger partial charge in [-0.05, 0) is 18.6 Å². The van der Waals surface area contributed by atoms with E-state index in [1.165, 1.54) is 0 Å². The van der Waals surface area contributed by atoms with E-state index in [2.05, 4.69) is 26.1 Å². The zero-order valence-corrected chi connectivity index (χ0v) is 10.7. The molecule has 2 aliphatic heterocycles. The van der Waals surface area contributed by atoms with Crippen LogP contribution in [0.3, 0.4) is 0 Å². The van der Waals surface area contributed by atoms with Crippen molar-refractivity contribution in [1.82, 2.24) is 5.32 Å². The standard InChI is InChI=1S/C11H12BrN3O2/c12-7-1-2-10(11(3-7)15(16)17)14-6-8-4-9(14)5-13-8/h1-3,8-9,13H,4-6H2. The Morgan fingerprint density at radius 3 is 2.94 bits per heavy atom. The molecule has 1 aromatic rings. The van der Waals surface area contributed by atoms with Gasteiger partial charge in [0.2, 0.25) is 0 Å². The topological polar surface area (TPSA) is 58.4 Å². The molecule has 6 heteroatoms. The largest absolute Gasteiger partial charge is 0.360 e. The van der Waals surface area contributed by atoms with Gasteiger partial charge in [0, 0.05) is 35.7 Å². The van der Waals surface area contributed by atoms with Crippen molar-refractivity contribution in [3.8, 4) is 0 Å². The summed E-state index contributed by atoms with van der Waals surface area (Å²) >= 11 is 3.28. The van der Waals surface area contributed by atoms with Crippen LogP contribution in [0.4, 0.5) is 11.4 Å². The van der Waals surface area contributed by atoms with E-state index in [0.717, 1.165) is 29.7 Å². The Morgan fingerprint density at radius 2 is 2.35 bits per heavy atom. The minimum Gasteiger partial charge on any atom is -0.360 e. The van der Waals surface area contributed by atoms with Crippen LogP contribution in [0.25, 0.3) is 0 Å². The number of fused-ring (bicyclic) bond motifs is 2. The summed E-state index contributed by atoms with van der Waals surface area (Å²) in [6.45, 7) is 1.80.